The van der Waals surface area contributed by atoms with Crippen molar-refractivity contribution < 1.29 is 38.9 Å². The van der Waals surface area contributed by atoms with Crippen molar-refractivity contribution in [3.8, 4) is 0 Å². The van der Waals surface area contributed by atoms with E-state index in [4.69, 9.17) is 27.4 Å². The van der Waals surface area contributed by atoms with E-state index in [0.717, 1.165) is 12.8 Å². The molecule has 0 heterocycles. The second-order valence-electron chi connectivity index (χ2n) is 7.86. The highest BCUT2D eigenvalue weighted by Crippen LogP contribution is 2.11. The molecule has 0 aliphatic heterocycles. The van der Waals surface area contributed by atoms with Crippen molar-refractivity contribution in [2.45, 2.75) is 109 Å². The van der Waals surface area contributed by atoms with Gasteiger partial charge in [-0.1, -0.05) is 58.3 Å². The fourth-order valence-electron chi connectivity index (χ4n) is 2.64. The van der Waals surface area contributed by atoms with E-state index >= 15 is 0 Å². The number of amides is 1. The first-order chi connectivity index (χ1) is 15.5. The van der Waals surface area contributed by atoms with Gasteiger partial charge >= 0.3 is 23.9 Å². The second-order valence-corrected chi connectivity index (χ2v) is 7.86. The van der Waals surface area contributed by atoms with E-state index in [-0.39, 0.29) is 32.1 Å². The van der Waals surface area contributed by atoms with Crippen LogP contribution in [0.3, 0.4) is 0 Å². The van der Waals surface area contributed by atoms with Gasteiger partial charge in [0.1, 0.15) is 12.1 Å². The summed E-state index contributed by atoms with van der Waals surface area (Å²) in [6, 6.07) is -2.04. The van der Waals surface area contributed by atoms with Crippen LogP contribution >= 0.6 is 0 Å². The third-order valence-electron chi connectivity index (χ3n) is 4.69. The summed E-state index contributed by atoms with van der Waals surface area (Å²) in [4.78, 5) is 53.5. The Morgan fingerprint density at radius 2 is 1.21 bits per heavy atom. The van der Waals surface area contributed by atoms with E-state index in [1.165, 1.54) is 38.5 Å². The highest BCUT2D eigenvalue weighted by molar-refractivity contribution is 5.88. The molecule has 0 aliphatic rings. The summed E-state index contributed by atoms with van der Waals surface area (Å²) in [5, 5.41) is 16.7. The van der Waals surface area contributed by atoms with Gasteiger partial charge in [-0.25, -0.2) is 4.79 Å². The maximum absolute atomic E-state index is 11.5. The Labute approximate surface area is 195 Å². The molecule has 2 unspecified atom stereocenters. The molecule has 1 amide bonds. The summed E-state index contributed by atoms with van der Waals surface area (Å²) in [5.41, 5.74) is 15.3. The smallest absolute Gasteiger partial charge is 0.330 e. The molecule has 0 spiro atoms. The number of ether oxygens (including phenoxy) is 1. The standard InChI is InChI=1S/C17H31NO5.C5H10N2O3/c1-2-3-4-5-6-7-8-9-10-11-16(21)23-17(22)14(18)12-13-15(19)20;6-3(5(9)10)1-2-4(7)8/h14H,2-13,18H2,1H3,(H,19,20);3H,1-2,6H2,(H2,7,8)(H,9,10). The van der Waals surface area contributed by atoms with Crippen LogP contribution in [0.15, 0.2) is 0 Å². The zero-order valence-electron chi connectivity index (χ0n) is 19.6. The summed E-state index contributed by atoms with van der Waals surface area (Å²) < 4.78 is 4.62. The van der Waals surface area contributed by atoms with Crippen LogP contribution in [0.25, 0.3) is 0 Å². The van der Waals surface area contributed by atoms with Gasteiger partial charge in [0.15, 0.2) is 0 Å². The van der Waals surface area contributed by atoms with E-state index in [1.807, 2.05) is 0 Å². The van der Waals surface area contributed by atoms with Crippen molar-refractivity contribution in [2.24, 2.45) is 17.2 Å². The van der Waals surface area contributed by atoms with E-state index in [2.05, 4.69) is 11.7 Å². The van der Waals surface area contributed by atoms with Crippen molar-refractivity contribution >= 4 is 29.8 Å². The largest absolute Gasteiger partial charge is 0.481 e. The number of carbonyl (C=O) groups is 5. The predicted molar refractivity (Wildman–Crippen MR) is 122 cm³/mol. The van der Waals surface area contributed by atoms with Gasteiger partial charge in [-0.3, -0.25) is 19.2 Å². The quantitative estimate of drug-likeness (QED) is 0.110. The third kappa shape index (κ3) is 24.0. The molecule has 0 aromatic carbocycles. The van der Waals surface area contributed by atoms with Crippen molar-refractivity contribution in [1.82, 2.24) is 0 Å². The molecule has 33 heavy (non-hydrogen) atoms. The monoisotopic (exact) mass is 475 g/mol. The number of hydrogen-bond donors (Lipinski definition) is 5. The van der Waals surface area contributed by atoms with Crippen molar-refractivity contribution in [3.63, 3.8) is 0 Å². The number of carbonyl (C=O) groups excluding carboxylic acids is 3. The van der Waals surface area contributed by atoms with Gasteiger partial charge in [0.05, 0.1) is 0 Å². The van der Waals surface area contributed by atoms with E-state index < -0.39 is 41.9 Å². The lowest BCUT2D eigenvalue weighted by atomic mass is 10.1. The highest BCUT2D eigenvalue weighted by atomic mass is 16.6. The van der Waals surface area contributed by atoms with Gasteiger partial charge in [-0.2, -0.15) is 0 Å². The van der Waals surface area contributed by atoms with Crippen molar-refractivity contribution in [2.75, 3.05) is 0 Å². The number of primary amides is 1. The lowest BCUT2D eigenvalue weighted by Crippen LogP contribution is -2.34. The summed E-state index contributed by atoms with van der Waals surface area (Å²) in [5.74, 6) is -4.09. The van der Waals surface area contributed by atoms with Gasteiger partial charge < -0.3 is 32.2 Å². The van der Waals surface area contributed by atoms with Crippen LogP contribution < -0.4 is 17.2 Å². The van der Waals surface area contributed by atoms with E-state index in [1.54, 1.807) is 0 Å². The zero-order chi connectivity index (χ0) is 25.6. The zero-order valence-corrected chi connectivity index (χ0v) is 19.6. The minimum atomic E-state index is -1.11. The topological polar surface area (TPSA) is 213 Å². The Kier molecular flexibility index (Phi) is 21.1. The van der Waals surface area contributed by atoms with Crippen LogP contribution in [0.5, 0.6) is 0 Å². The van der Waals surface area contributed by atoms with Crippen molar-refractivity contribution in [1.29, 1.82) is 0 Å². The fraction of sp³-hybridized carbons (Fsp3) is 0.773. The normalized spacial score (nSPS) is 12.1. The van der Waals surface area contributed by atoms with E-state index in [0.29, 0.717) is 6.42 Å². The molecule has 192 valence electrons. The molecule has 0 radical (unpaired) electrons. The molecule has 0 saturated heterocycles. The lowest BCUT2D eigenvalue weighted by molar-refractivity contribution is -0.160. The molecule has 0 aromatic rings. The number of esters is 2. The molecule has 0 aliphatic carbocycles. The Bertz CT molecular complexity index is 598. The van der Waals surface area contributed by atoms with Gasteiger partial charge in [0.25, 0.3) is 0 Å². The number of nitrogens with two attached hydrogens (primary N) is 3. The second kappa shape index (κ2) is 21.3. The number of hydrogen-bond acceptors (Lipinski definition) is 8. The summed E-state index contributed by atoms with van der Waals surface area (Å²) in [6.45, 7) is 2.20. The van der Waals surface area contributed by atoms with Crippen LogP contribution in [-0.4, -0.2) is 52.1 Å². The SMILES string of the molecule is CCCCCCCCCCCC(=O)OC(=O)C(N)CCC(=O)O.NC(=O)CCC(N)C(=O)O. The van der Waals surface area contributed by atoms with Gasteiger partial charge in [0.2, 0.25) is 5.91 Å². The molecule has 0 aromatic heterocycles. The first-order valence-corrected chi connectivity index (χ1v) is 11.5. The van der Waals surface area contributed by atoms with Crippen LogP contribution in [0, 0.1) is 0 Å². The molecule has 0 fully saturated rings. The molecule has 11 heteroatoms. The summed E-state index contributed by atoms with van der Waals surface area (Å²) >= 11 is 0. The molecular weight excluding hydrogens is 434 g/mol. The molecule has 0 bridgehead atoms. The van der Waals surface area contributed by atoms with Crippen molar-refractivity contribution in [3.05, 3.63) is 0 Å². The maximum atomic E-state index is 11.5. The molecule has 2 atom stereocenters. The highest BCUT2D eigenvalue weighted by Gasteiger charge is 2.19. The van der Waals surface area contributed by atoms with Crippen LogP contribution in [0.4, 0.5) is 0 Å². The minimum absolute atomic E-state index is 0.0213. The molecule has 0 saturated carbocycles. The molecule has 8 N–H and O–H groups in total. The third-order valence-corrected chi connectivity index (χ3v) is 4.69. The van der Waals surface area contributed by atoms with Gasteiger partial charge in [-0.05, 0) is 19.3 Å². The first-order valence-electron chi connectivity index (χ1n) is 11.5. The Morgan fingerprint density at radius 3 is 1.67 bits per heavy atom. The van der Waals surface area contributed by atoms with Gasteiger partial charge in [0, 0.05) is 19.3 Å². The summed E-state index contributed by atoms with van der Waals surface area (Å²) in [6.07, 6.45) is 10.4. The number of carboxylic acid groups (broad SMARTS) is 2. The minimum Gasteiger partial charge on any atom is -0.481 e. The van der Waals surface area contributed by atoms with Crippen LogP contribution in [0.1, 0.15) is 96.8 Å². The lowest BCUT2D eigenvalue weighted by Gasteiger charge is -2.09. The Balaban J connectivity index is 0. The first kappa shape index (κ1) is 32.6. The average molecular weight is 476 g/mol. The Hall–Kier alpha value is -2.53. The van der Waals surface area contributed by atoms with Gasteiger partial charge in [-0.15, -0.1) is 0 Å². The predicted octanol–water partition coefficient (Wildman–Crippen LogP) is 1.83. The molecular formula is C22H41N3O8. The van der Waals surface area contributed by atoms with Crippen LogP contribution in [0.2, 0.25) is 0 Å². The number of unbranched alkanes of at least 4 members (excludes halogenated alkanes) is 8. The van der Waals surface area contributed by atoms with E-state index in [9.17, 15) is 24.0 Å². The molecule has 0 rings (SSSR count). The summed E-state index contributed by atoms with van der Waals surface area (Å²) in [7, 11) is 0. The number of aliphatic carboxylic acids is 2. The number of rotatable bonds is 18. The number of carboxylic acids is 2. The fourth-order valence-corrected chi connectivity index (χ4v) is 2.64. The maximum Gasteiger partial charge on any atom is 0.330 e. The Morgan fingerprint density at radius 1 is 0.727 bits per heavy atom. The average Bonchev–Trinajstić information content (AvgIpc) is 2.74. The van der Waals surface area contributed by atoms with Crippen LogP contribution in [-0.2, 0) is 28.7 Å². The molecule has 11 nitrogen and oxygen atoms in total.